The number of allylic oxidation sites excluding steroid dienone is 3. The van der Waals surface area contributed by atoms with E-state index in [1.165, 1.54) is 11.1 Å². The zero-order valence-electron chi connectivity index (χ0n) is 13.9. The van der Waals surface area contributed by atoms with Gasteiger partial charge in [0.15, 0.2) is 0 Å². The van der Waals surface area contributed by atoms with Crippen molar-refractivity contribution in [2.75, 3.05) is 13.1 Å². The van der Waals surface area contributed by atoms with Gasteiger partial charge in [-0.15, -0.1) is 6.58 Å². The molecule has 0 spiro atoms. The van der Waals surface area contributed by atoms with Gasteiger partial charge in [-0.25, -0.2) is 0 Å². The maximum atomic E-state index is 12.2. The Balaban J connectivity index is 4.48. The van der Waals surface area contributed by atoms with Crippen LogP contribution in [0.1, 0.15) is 53.9 Å². The topological polar surface area (TPSA) is 20.3 Å². The van der Waals surface area contributed by atoms with Gasteiger partial charge in [-0.05, 0) is 40.0 Å². The Hall–Kier alpha value is -1.31. The predicted molar refractivity (Wildman–Crippen MR) is 88.7 cm³/mol. The molecule has 0 heterocycles. The molecule has 0 aliphatic carbocycles. The van der Waals surface area contributed by atoms with Crippen LogP contribution in [0.5, 0.6) is 0 Å². The molecule has 0 saturated heterocycles. The summed E-state index contributed by atoms with van der Waals surface area (Å²) in [6, 6.07) is 0. The minimum Gasteiger partial charge on any atom is -0.335 e. The van der Waals surface area contributed by atoms with E-state index in [0.29, 0.717) is 13.1 Å². The normalized spacial score (nSPS) is 12.8. The molecule has 0 aromatic heterocycles. The Morgan fingerprint density at radius 3 is 2.35 bits per heavy atom. The lowest BCUT2D eigenvalue weighted by molar-refractivity contribution is -0.134. The monoisotopic (exact) mass is 277 g/mol. The van der Waals surface area contributed by atoms with Crippen molar-refractivity contribution >= 4 is 5.91 Å². The largest absolute Gasteiger partial charge is 0.335 e. The summed E-state index contributed by atoms with van der Waals surface area (Å²) >= 11 is 0. The molecule has 0 aromatic carbocycles. The summed E-state index contributed by atoms with van der Waals surface area (Å²) in [5.41, 5.74) is 2.70. The second-order valence-electron chi connectivity index (χ2n) is 5.71. The first-order valence-corrected chi connectivity index (χ1v) is 7.61. The number of carbonyl (C=O) groups is 1. The number of nitrogens with zero attached hydrogens (tertiary/aromatic N) is 1. The lowest BCUT2D eigenvalue weighted by atomic mass is 10.1. The molecule has 0 aromatic rings. The Morgan fingerprint density at radius 1 is 1.20 bits per heavy atom. The van der Waals surface area contributed by atoms with Gasteiger partial charge in [0, 0.05) is 19.0 Å². The molecular weight excluding hydrogens is 246 g/mol. The Labute approximate surface area is 125 Å². The van der Waals surface area contributed by atoms with E-state index in [4.69, 9.17) is 0 Å². The van der Waals surface area contributed by atoms with Crippen LogP contribution >= 0.6 is 0 Å². The van der Waals surface area contributed by atoms with Crippen molar-refractivity contribution in [3.05, 3.63) is 36.0 Å². The molecule has 0 aliphatic rings. The van der Waals surface area contributed by atoms with Gasteiger partial charge in [0.1, 0.15) is 0 Å². The zero-order chi connectivity index (χ0) is 15.5. The van der Waals surface area contributed by atoms with E-state index in [2.05, 4.69) is 46.4 Å². The van der Waals surface area contributed by atoms with Crippen molar-refractivity contribution in [1.82, 2.24) is 4.90 Å². The lowest BCUT2D eigenvalue weighted by Crippen LogP contribution is -2.35. The Morgan fingerprint density at radius 2 is 1.85 bits per heavy atom. The van der Waals surface area contributed by atoms with E-state index in [1.54, 1.807) is 6.08 Å². The molecule has 0 saturated carbocycles. The molecule has 0 rings (SSSR count). The highest BCUT2D eigenvalue weighted by Crippen LogP contribution is 2.10. The van der Waals surface area contributed by atoms with E-state index < -0.39 is 0 Å². The van der Waals surface area contributed by atoms with Gasteiger partial charge in [-0.3, -0.25) is 4.79 Å². The molecule has 1 amide bonds. The third-order valence-corrected chi connectivity index (χ3v) is 3.45. The highest BCUT2D eigenvalue weighted by Gasteiger charge is 2.16. The third-order valence-electron chi connectivity index (χ3n) is 3.45. The van der Waals surface area contributed by atoms with Gasteiger partial charge < -0.3 is 4.90 Å². The van der Waals surface area contributed by atoms with Crippen LogP contribution in [0, 0.1) is 5.92 Å². The summed E-state index contributed by atoms with van der Waals surface area (Å²) in [5.74, 6) is 0.315. The number of carbonyl (C=O) groups excluding carboxylic acids is 1. The first-order valence-electron chi connectivity index (χ1n) is 7.61. The molecule has 114 valence electrons. The fourth-order valence-electron chi connectivity index (χ4n) is 1.85. The van der Waals surface area contributed by atoms with Crippen molar-refractivity contribution in [2.24, 2.45) is 5.92 Å². The van der Waals surface area contributed by atoms with E-state index in [1.807, 2.05) is 11.8 Å². The minimum atomic E-state index is 0.0920. The summed E-state index contributed by atoms with van der Waals surface area (Å²) in [4.78, 5) is 14.1. The van der Waals surface area contributed by atoms with Gasteiger partial charge in [-0.1, -0.05) is 43.2 Å². The van der Waals surface area contributed by atoms with Crippen molar-refractivity contribution in [3.63, 3.8) is 0 Å². The van der Waals surface area contributed by atoms with Crippen LogP contribution in [0.4, 0.5) is 0 Å². The molecule has 0 aliphatic heterocycles. The predicted octanol–water partition coefficient (Wildman–Crippen LogP) is 4.74. The zero-order valence-corrected chi connectivity index (χ0v) is 13.9. The van der Waals surface area contributed by atoms with Crippen LogP contribution in [0.25, 0.3) is 0 Å². The van der Waals surface area contributed by atoms with Crippen LogP contribution in [0.3, 0.4) is 0 Å². The first-order chi connectivity index (χ1) is 9.42. The molecule has 2 heteroatoms. The number of hydrogen-bond acceptors (Lipinski definition) is 1. The molecule has 1 unspecified atom stereocenters. The van der Waals surface area contributed by atoms with Crippen LogP contribution in [-0.2, 0) is 4.79 Å². The number of hydrogen-bond donors (Lipinski definition) is 0. The average Bonchev–Trinajstić information content (AvgIpc) is 2.41. The molecule has 2 nitrogen and oxygen atoms in total. The van der Waals surface area contributed by atoms with Crippen LogP contribution in [0.2, 0.25) is 0 Å². The molecule has 1 atom stereocenters. The molecule has 0 fully saturated rings. The summed E-state index contributed by atoms with van der Waals surface area (Å²) in [6.07, 6.45) is 9.24. The Bertz CT molecular complexity index is 362. The van der Waals surface area contributed by atoms with Crippen LogP contribution in [0.15, 0.2) is 36.0 Å². The van der Waals surface area contributed by atoms with E-state index in [9.17, 15) is 4.79 Å². The second-order valence-corrected chi connectivity index (χ2v) is 5.71. The van der Waals surface area contributed by atoms with E-state index in [-0.39, 0.29) is 11.8 Å². The molecule has 0 bridgehead atoms. The summed E-state index contributed by atoms with van der Waals surface area (Å²) < 4.78 is 0. The van der Waals surface area contributed by atoms with Crippen LogP contribution < -0.4 is 0 Å². The SMILES string of the molecule is C=CCN(CC=C(C)CCC=C(C)C)C(=O)C(C)CC. The standard InChI is InChI=1S/C18H31NO/c1-7-13-19(18(20)17(6)8-2)14-12-16(5)11-9-10-15(3)4/h7,10,12,17H,1,8-9,11,13-14H2,2-6H3. The lowest BCUT2D eigenvalue weighted by Gasteiger charge is -2.23. The van der Waals surface area contributed by atoms with Crippen LogP contribution in [-0.4, -0.2) is 23.9 Å². The molecule has 0 radical (unpaired) electrons. The number of rotatable bonds is 9. The summed E-state index contributed by atoms with van der Waals surface area (Å²) in [7, 11) is 0. The van der Waals surface area contributed by atoms with Crippen molar-refractivity contribution in [3.8, 4) is 0 Å². The third kappa shape index (κ3) is 7.98. The maximum Gasteiger partial charge on any atom is 0.225 e. The minimum absolute atomic E-state index is 0.0920. The van der Waals surface area contributed by atoms with Gasteiger partial charge in [0.2, 0.25) is 5.91 Å². The van der Waals surface area contributed by atoms with Crippen molar-refractivity contribution in [1.29, 1.82) is 0 Å². The van der Waals surface area contributed by atoms with Crippen molar-refractivity contribution in [2.45, 2.75) is 53.9 Å². The maximum absolute atomic E-state index is 12.2. The molecular formula is C18H31NO. The van der Waals surface area contributed by atoms with E-state index in [0.717, 1.165) is 19.3 Å². The fourth-order valence-corrected chi connectivity index (χ4v) is 1.85. The van der Waals surface area contributed by atoms with Gasteiger partial charge in [-0.2, -0.15) is 0 Å². The highest BCUT2D eigenvalue weighted by molar-refractivity contribution is 5.78. The fraction of sp³-hybridized carbons (Fsp3) is 0.611. The summed E-state index contributed by atoms with van der Waals surface area (Å²) in [5, 5.41) is 0. The molecule has 20 heavy (non-hydrogen) atoms. The molecule has 0 N–H and O–H groups in total. The average molecular weight is 277 g/mol. The Kier molecular flexibility index (Phi) is 9.79. The van der Waals surface area contributed by atoms with Gasteiger partial charge in [0.25, 0.3) is 0 Å². The summed E-state index contributed by atoms with van der Waals surface area (Å²) in [6.45, 7) is 15.5. The van der Waals surface area contributed by atoms with E-state index >= 15 is 0 Å². The van der Waals surface area contributed by atoms with Crippen molar-refractivity contribution < 1.29 is 4.79 Å². The smallest absolute Gasteiger partial charge is 0.225 e. The quantitative estimate of drug-likeness (QED) is 0.557. The second kappa shape index (κ2) is 10.5. The van der Waals surface area contributed by atoms with Gasteiger partial charge in [0.05, 0.1) is 0 Å². The van der Waals surface area contributed by atoms with Gasteiger partial charge >= 0.3 is 0 Å². The first kappa shape index (κ1) is 18.7. The highest BCUT2D eigenvalue weighted by atomic mass is 16.2. The number of amides is 1.